The van der Waals surface area contributed by atoms with Crippen molar-refractivity contribution in [3.8, 4) is 0 Å². The van der Waals surface area contributed by atoms with Gasteiger partial charge in [0.05, 0.1) is 185 Å². The summed E-state index contributed by atoms with van der Waals surface area (Å²) >= 11 is 0. The maximum atomic E-state index is 11.7. The Morgan fingerprint density at radius 1 is 0.321 bits per heavy atom. The number of carbonyl (C=O) groups excluding carboxylic acids is 16. The quantitative estimate of drug-likeness (QED) is 0.00914. The van der Waals surface area contributed by atoms with E-state index >= 15 is 0 Å². The first-order valence-electron chi connectivity index (χ1n) is 35.4. The first kappa shape index (κ1) is 98.4. The molecule has 109 heavy (non-hydrogen) atoms. The Morgan fingerprint density at radius 3 is 0.853 bits per heavy atom. The zero-order valence-electron chi connectivity index (χ0n) is 62.7. The van der Waals surface area contributed by atoms with Gasteiger partial charge in [-0.3, -0.25) is 93.3 Å². The van der Waals surface area contributed by atoms with Gasteiger partial charge < -0.3 is 87.1 Å². The van der Waals surface area contributed by atoms with Crippen molar-refractivity contribution in [1.29, 1.82) is 0 Å². The fourth-order valence-corrected chi connectivity index (χ4v) is 8.50. The number of imide groups is 4. The second-order valence-corrected chi connectivity index (χ2v) is 23.6. The molecule has 0 saturated carbocycles. The van der Waals surface area contributed by atoms with Gasteiger partial charge in [-0.1, -0.05) is 0 Å². The van der Waals surface area contributed by atoms with Gasteiger partial charge in [-0.15, -0.1) is 5.06 Å². The Hall–Kier alpha value is -8.64. The summed E-state index contributed by atoms with van der Waals surface area (Å²) in [6.07, 6.45) is 0.489. The number of nitrogens with zero attached hydrogens (tertiary/aromatic N) is 4. The van der Waals surface area contributed by atoms with Crippen molar-refractivity contribution in [2.24, 2.45) is 11.7 Å². The lowest BCUT2D eigenvalue weighted by atomic mass is 10.2. The lowest BCUT2D eigenvalue weighted by molar-refractivity contribution is -0.198. The molecule has 4 rings (SSSR count). The SMILES string of the molecule is CC(C)(C)OC(=O)NNC(=O)CCOCCOCCOCCOCCNC(=O)CCN1C(=O)CCC1=O.COC(=O)NN.NNC(=O)CCOCCOCCOCCOCCNC(=O)CCN1C(=O)CCC1=O.O=C(CCN1C(=O)CCC1=O)NCCOCCOCCOCCOCCC(=O)ON1C(=O)CCC1=O. The standard InChI is InChI=1S/C23H40N4O10.C22H33N3O11.C18H32N4O8.C2H6N2O2/c1-23(2,3)37-22(32)26-25-19(29)7-10-33-12-14-35-16-17-36-15-13-34-11-8-24-18(28)6-9-27-20(30)4-5-21(27)31;26-17(5-8-24-18(27)1-2-19(24)28)23-7-10-33-12-14-35-16-15-34-13-11-32-9-6-22(31)36-25-20(29)3-4-21(25)30;19-21-16(24)4-7-27-9-11-29-13-14-30-12-10-28-8-5-20-15(23)3-6-22-17(25)1-2-18(22)26;1-6-2(5)4-3/h4-17H2,1-3H3,(H,24,28)(H,25,29)(H,26,32);1-16H2,(H,23,26);1-14,19H2,(H,20,23)(H,21,24);3H2,1H3,(H,4,5). The first-order valence-corrected chi connectivity index (χ1v) is 35.4. The molecule has 0 atom stereocenters. The van der Waals surface area contributed by atoms with Crippen LogP contribution in [0.15, 0.2) is 0 Å². The van der Waals surface area contributed by atoms with Crippen molar-refractivity contribution < 1.29 is 148 Å². The largest absolute Gasteiger partial charge is 0.452 e. The van der Waals surface area contributed by atoms with Crippen LogP contribution in [0.2, 0.25) is 0 Å². The number of carbonyl (C=O) groups is 16. The molecule has 44 heteroatoms. The average molecular weight is 1570 g/mol. The van der Waals surface area contributed by atoms with E-state index in [1.807, 2.05) is 5.43 Å². The highest BCUT2D eigenvalue weighted by Gasteiger charge is 2.34. The molecular formula is C65H111N13O31. The third kappa shape index (κ3) is 53.8. The monoisotopic (exact) mass is 1570 g/mol. The minimum absolute atomic E-state index is 0.0481. The van der Waals surface area contributed by atoms with Crippen molar-refractivity contribution in [2.75, 3.05) is 205 Å². The predicted octanol–water partition coefficient (Wildman–Crippen LogP) is -4.34. The van der Waals surface area contributed by atoms with Crippen molar-refractivity contribution in [3.05, 3.63) is 0 Å². The lowest BCUT2D eigenvalue weighted by Gasteiger charge is -2.19. The highest BCUT2D eigenvalue weighted by atomic mass is 16.7. The fraction of sp³-hybridized carbons (Fsp3) is 0.754. The summed E-state index contributed by atoms with van der Waals surface area (Å²) in [5.74, 6) is 4.96. The van der Waals surface area contributed by atoms with E-state index in [0.29, 0.717) is 163 Å². The Labute approximate surface area is 631 Å². The van der Waals surface area contributed by atoms with Gasteiger partial charge in [-0.2, -0.15) is 0 Å². The number of hydrazine groups is 3. The molecular weight excluding hydrogens is 1460 g/mol. The molecule has 4 fully saturated rings. The molecule has 0 aromatic heterocycles. The molecule has 4 aliphatic rings. The van der Waals surface area contributed by atoms with E-state index < -0.39 is 41.5 Å². The zero-order chi connectivity index (χ0) is 80.7. The Balaban J connectivity index is 0.000000790. The van der Waals surface area contributed by atoms with Gasteiger partial charge in [-0.25, -0.2) is 31.5 Å². The molecule has 44 nitrogen and oxygen atoms in total. The molecule has 11 N–H and O–H groups in total. The zero-order valence-corrected chi connectivity index (χ0v) is 62.7. The maximum absolute atomic E-state index is 11.7. The van der Waals surface area contributed by atoms with E-state index in [-0.39, 0.29) is 188 Å². The van der Waals surface area contributed by atoms with Crippen molar-refractivity contribution in [3.63, 3.8) is 0 Å². The summed E-state index contributed by atoms with van der Waals surface area (Å²) in [5.41, 5.74) is 7.51. The second-order valence-electron chi connectivity index (χ2n) is 23.6. The highest BCUT2D eigenvalue weighted by molar-refractivity contribution is 6.04. The predicted molar refractivity (Wildman–Crippen MR) is 371 cm³/mol. The summed E-state index contributed by atoms with van der Waals surface area (Å²) in [5, 5.41) is 8.50. The van der Waals surface area contributed by atoms with Gasteiger partial charge in [0.2, 0.25) is 65.0 Å². The molecule has 0 spiro atoms. The van der Waals surface area contributed by atoms with Gasteiger partial charge in [0.15, 0.2) is 0 Å². The van der Waals surface area contributed by atoms with Gasteiger partial charge in [0.1, 0.15) is 5.60 Å². The van der Waals surface area contributed by atoms with Crippen LogP contribution in [0, 0.1) is 0 Å². The summed E-state index contributed by atoms with van der Waals surface area (Å²) in [6, 6.07) is 0. The Morgan fingerprint density at radius 2 is 0.587 bits per heavy atom. The molecule has 0 aromatic rings. The van der Waals surface area contributed by atoms with Crippen LogP contribution >= 0.6 is 0 Å². The number of likely N-dealkylation sites (tertiary alicyclic amines) is 3. The summed E-state index contributed by atoms with van der Waals surface area (Å²) in [4.78, 5) is 190. The van der Waals surface area contributed by atoms with Crippen molar-refractivity contribution in [2.45, 2.75) is 116 Å². The second kappa shape index (κ2) is 63.2. The molecule has 0 aliphatic carbocycles. The van der Waals surface area contributed by atoms with Crippen LogP contribution in [0.1, 0.15) is 111 Å². The van der Waals surface area contributed by atoms with E-state index in [9.17, 15) is 76.7 Å². The fourth-order valence-electron chi connectivity index (χ4n) is 8.50. The number of amides is 15. The molecule has 0 radical (unpaired) electrons. The van der Waals surface area contributed by atoms with E-state index in [4.69, 9.17) is 72.3 Å². The number of methoxy groups -OCH3 is 1. The van der Waals surface area contributed by atoms with Crippen LogP contribution in [0.3, 0.4) is 0 Å². The van der Waals surface area contributed by atoms with Crippen LogP contribution in [-0.2, 0) is 138 Å². The minimum Gasteiger partial charge on any atom is -0.452 e. The normalized spacial score (nSPS) is 14.0. The van der Waals surface area contributed by atoms with Gasteiger partial charge in [-0.05, 0) is 20.8 Å². The van der Waals surface area contributed by atoms with Crippen molar-refractivity contribution in [1.82, 2.24) is 57.4 Å². The molecule has 4 saturated heterocycles. The molecule has 4 aliphatic heterocycles. The third-order valence-corrected chi connectivity index (χ3v) is 14.0. The highest BCUT2D eigenvalue weighted by Crippen LogP contribution is 2.15. The van der Waals surface area contributed by atoms with Crippen molar-refractivity contribution >= 4 is 94.9 Å². The molecule has 0 aromatic carbocycles. The average Bonchev–Trinajstić information content (AvgIpc) is 1.75. The van der Waals surface area contributed by atoms with E-state index in [1.165, 1.54) is 7.11 Å². The molecule has 622 valence electrons. The van der Waals surface area contributed by atoms with Crippen LogP contribution in [0.4, 0.5) is 9.59 Å². The minimum atomic E-state index is -0.739. The third-order valence-electron chi connectivity index (χ3n) is 14.0. The number of nitrogens with one attached hydrogen (secondary N) is 7. The van der Waals surface area contributed by atoms with Crippen LogP contribution in [0.25, 0.3) is 0 Å². The maximum Gasteiger partial charge on any atom is 0.426 e. The molecule has 15 amide bonds. The smallest absolute Gasteiger partial charge is 0.426 e. The number of ether oxygens (including phenoxy) is 14. The Bertz CT molecular complexity index is 2700. The number of hydroxylamine groups is 2. The van der Waals surface area contributed by atoms with E-state index in [1.54, 1.807) is 26.2 Å². The summed E-state index contributed by atoms with van der Waals surface area (Å²) in [7, 11) is 1.24. The molecule has 4 heterocycles. The van der Waals surface area contributed by atoms with Crippen LogP contribution in [-0.4, -0.2) is 325 Å². The topological polar surface area (TPSA) is 561 Å². The summed E-state index contributed by atoms with van der Waals surface area (Å²) < 4.78 is 72.8. The first-order chi connectivity index (χ1) is 52.3. The molecule has 0 bridgehead atoms. The molecule has 0 unspecified atom stereocenters. The summed E-state index contributed by atoms with van der Waals surface area (Å²) in [6.45, 7) is 14.5. The van der Waals surface area contributed by atoms with Crippen LogP contribution < -0.4 is 49.3 Å². The number of hydrogen-bond donors (Lipinski definition) is 9. The lowest BCUT2D eigenvalue weighted by Crippen LogP contribution is -2.44. The van der Waals surface area contributed by atoms with Crippen LogP contribution in [0.5, 0.6) is 0 Å². The van der Waals surface area contributed by atoms with E-state index in [2.05, 4.69) is 37.4 Å². The van der Waals surface area contributed by atoms with Gasteiger partial charge in [0, 0.05) is 110 Å². The van der Waals surface area contributed by atoms with Gasteiger partial charge >= 0.3 is 18.2 Å². The van der Waals surface area contributed by atoms with Gasteiger partial charge in [0.25, 0.3) is 11.8 Å². The number of nitrogens with two attached hydrogens (primary N) is 2. The number of hydrogen-bond acceptors (Lipinski definition) is 33. The van der Waals surface area contributed by atoms with E-state index in [0.717, 1.165) is 14.7 Å². The number of rotatable bonds is 55. The Kier molecular flexibility index (Phi) is 57.0.